The predicted molar refractivity (Wildman–Crippen MR) is 54.7 cm³/mol. The van der Waals surface area contributed by atoms with Gasteiger partial charge in [0, 0.05) is 23.5 Å². The van der Waals surface area contributed by atoms with Crippen molar-refractivity contribution in [2.75, 3.05) is 6.26 Å². The molecule has 12 heavy (non-hydrogen) atoms. The number of para-hydroxylation sites is 1. The van der Waals surface area contributed by atoms with Crippen molar-refractivity contribution in [3.63, 3.8) is 0 Å². The summed E-state index contributed by atoms with van der Waals surface area (Å²) in [5, 5.41) is 1.32. The van der Waals surface area contributed by atoms with Gasteiger partial charge in [0.05, 0.1) is 5.52 Å². The fourth-order valence-corrected chi connectivity index (χ4v) is 2.15. The van der Waals surface area contributed by atoms with Crippen molar-refractivity contribution in [2.24, 2.45) is 7.05 Å². The van der Waals surface area contributed by atoms with E-state index in [0.29, 0.717) is 0 Å². The largest absolute Gasteiger partial charge is 0.350 e. The molecule has 0 aliphatic heterocycles. The molecule has 1 heterocycles. The van der Waals surface area contributed by atoms with E-state index in [2.05, 4.69) is 48.3 Å². The van der Waals surface area contributed by atoms with Crippen LogP contribution < -0.4 is 0 Å². The second kappa shape index (κ2) is 2.87. The lowest BCUT2D eigenvalue weighted by Crippen LogP contribution is -1.85. The Labute approximate surface area is 76.4 Å². The standard InChI is InChI=1S/C10H11NS/c1-11-7-6-8-4-3-5-9(12-2)10(8)11/h3-7H,1-2H3. The second-order valence-electron chi connectivity index (χ2n) is 2.82. The molecule has 0 radical (unpaired) electrons. The number of benzene rings is 1. The van der Waals surface area contributed by atoms with Crippen LogP contribution in [0.4, 0.5) is 0 Å². The van der Waals surface area contributed by atoms with Crippen molar-refractivity contribution < 1.29 is 0 Å². The van der Waals surface area contributed by atoms with Gasteiger partial charge in [-0.25, -0.2) is 0 Å². The highest BCUT2D eigenvalue weighted by molar-refractivity contribution is 7.98. The normalized spacial score (nSPS) is 10.8. The molecule has 2 heteroatoms. The van der Waals surface area contributed by atoms with Gasteiger partial charge in [-0.1, -0.05) is 12.1 Å². The molecule has 0 amide bonds. The van der Waals surface area contributed by atoms with Gasteiger partial charge in [-0.05, 0) is 18.4 Å². The van der Waals surface area contributed by atoms with Crippen LogP contribution in [-0.2, 0) is 7.05 Å². The van der Waals surface area contributed by atoms with E-state index >= 15 is 0 Å². The van der Waals surface area contributed by atoms with E-state index in [0.717, 1.165) is 0 Å². The SMILES string of the molecule is CSc1cccc2ccn(C)c12. The summed E-state index contributed by atoms with van der Waals surface area (Å²) in [5.41, 5.74) is 1.34. The third kappa shape index (κ3) is 1.03. The van der Waals surface area contributed by atoms with Gasteiger partial charge in [0.15, 0.2) is 0 Å². The molecule has 0 atom stereocenters. The van der Waals surface area contributed by atoms with E-state index in [1.165, 1.54) is 15.8 Å². The number of aryl methyl sites for hydroxylation is 1. The van der Waals surface area contributed by atoms with Gasteiger partial charge in [0.1, 0.15) is 0 Å². The van der Waals surface area contributed by atoms with Crippen LogP contribution in [0.5, 0.6) is 0 Å². The summed E-state index contributed by atoms with van der Waals surface area (Å²) < 4.78 is 2.17. The Morgan fingerprint density at radius 1 is 1.25 bits per heavy atom. The molecule has 0 unspecified atom stereocenters. The lowest BCUT2D eigenvalue weighted by atomic mass is 10.2. The van der Waals surface area contributed by atoms with Gasteiger partial charge in [-0.3, -0.25) is 0 Å². The molecule has 2 rings (SSSR count). The molecular weight excluding hydrogens is 166 g/mol. The van der Waals surface area contributed by atoms with Gasteiger partial charge in [-0.2, -0.15) is 0 Å². The number of aromatic nitrogens is 1. The first kappa shape index (κ1) is 7.74. The molecule has 0 saturated heterocycles. The zero-order valence-electron chi connectivity index (χ0n) is 7.24. The first-order chi connectivity index (χ1) is 5.83. The van der Waals surface area contributed by atoms with Crippen LogP contribution in [0, 0.1) is 0 Å². The Kier molecular flexibility index (Phi) is 1.85. The average Bonchev–Trinajstić information content (AvgIpc) is 2.48. The molecular formula is C10H11NS. The topological polar surface area (TPSA) is 4.93 Å². The first-order valence-electron chi connectivity index (χ1n) is 3.91. The second-order valence-corrected chi connectivity index (χ2v) is 3.67. The summed E-state index contributed by atoms with van der Waals surface area (Å²) in [6.45, 7) is 0. The molecule has 62 valence electrons. The minimum atomic E-state index is 1.32. The van der Waals surface area contributed by atoms with Crippen LogP contribution in [0.2, 0.25) is 0 Å². The maximum absolute atomic E-state index is 2.17. The zero-order valence-corrected chi connectivity index (χ0v) is 8.06. The molecule has 0 spiro atoms. The predicted octanol–water partition coefficient (Wildman–Crippen LogP) is 2.90. The highest BCUT2D eigenvalue weighted by Crippen LogP contribution is 2.26. The molecule has 0 saturated carbocycles. The Morgan fingerprint density at radius 3 is 2.83 bits per heavy atom. The number of nitrogens with zero attached hydrogens (tertiary/aromatic N) is 1. The Bertz CT molecular complexity index is 403. The minimum Gasteiger partial charge on any atom is -0.350 e. The number of hydrogen-bond acceptors (Lipinski definition) is 1. The van der Waals surface area contributed by atoms with Gasteiger partial charge < -0.3 is 4.57 Å². The molecule has 0 N–H and O–H groups in total. The first-order valence-corrected chi connectivity index (χ1v) is 5.13. The summed E-state index contributed by atoms with van der Waals surface area (Å²) >= 11 is 1.80. The van der Waals surface area contributed by atoms with Crippen molar-refractivity contribution in [1.29, 1.82) is 0 Å². The molecule has 1 aromatic heterocycles. The maximum Gasteiger partial charge on any atom is 0.0615 e. The lowest BCUT2D eigenvalue weighted by molar-refractivity contribution is 0.958. The number of thioether (sulfide) groups is 1. The quantitative estimate of drug-likeness (QED) is 0.606. The van der Waals surface area contributed by atoms with Crippen molar-refractivity contribution in [2.45, 2.75) is 4.90 Å². The summed E-state index contributed by atoms with van der Waals surface area (Å²) in [6, 6.07) is 8.56. The molecule has 0 aliphatic rings. The summed E-state index contributed by atoms with van der Waals surface area (Å²) in [7, 11) is 2.09. The van der Waals surface area contributed by atoms with E-state index in [1.54, 1.807) is 11.8 Å². The van der Waals surface area contributed by atoms with Gasteiger partial charge in [0.25, 0.3) is 0 Å². The van der Waals surface area contributed by atoms with Crippen LogP contribution in [0.1, 0.15) is 0 Å². The van der Waals surface area contributed by atoms with Crippen molar-refractivity contribution in [3.8, 4) is 0 Å². The number of rotatable bonds is 1. The van der Waals surface area contributed by atoms with Crippen LogP contribution in [0.15, 0.2) is 35.4 Å². The smallest absolute Gasteiger partial charge is 0.0615 e. The molecule has 0 fully saturated rings. The number of hydrogen-bond donors (Lipinski definition) is 0. The van der Waals surface area contributed by atoms with Crippen molar-refractivity contribution in [3.05, 3.63) is 30.5 Å². The summed E-state index contributed by atoms with van der Waals surface area (Å²) in [4.78, 5) is 1.35. The third-order valence-electron chi connectivity index (χ3n) is 2.08. The molecule has 1 aromatic carbocycles. The highest BCUT2D eigenvalue weighted by atomic mass is 32.2. The molecule has 0 aliphatic carbocycles. The van der Waals surface area contributed by atoms with Gasteiger partial charge >= 0.3 is 0 Å². The molecule has 1 nitrogen and oxygen atoms in total. The van der Waals surface area contributed by atoms with E-state index in [-0.39, 0.29) is 0 Å². The Hall–Kier alpha value is -0.890. The fraction of sp³-hybridized carbons (Fsp3) is 0.200. The van der Waals surface area contributed by atoms with E-state index in [9.17, 15) is 0 Å². The highest BCUT2D eigenvalue weighted by Gasteiger charge is 2.01. The van der Waals surface area contributed by atoms with Crippen LogP contribution >= 0.6 is 11.8 Å². The molecule has 0 bridgehead atoms. The van der Waals surface area contributed by atoms with E-state index in [1.807, 2.05) is 0 Å². The van der Waals surface area contributed by atoms with Crippen molar-refractivity contribution >= 4 is 22.7 Å². The summed E-state index contributed by atoms with van der Waals surface area (Å²) in [6.07, 6.45) is 4.21. The Morgan fingerprint density at radius 2 is 2.08 bits per heavy atom. The third-order valence-corrected chi connectivity index (χ3v) is 2.85. The maximum atomic E-state index is 2.17. The zero-order chi connectivity index (χ0) is 8.55. The average molecular weight is 177 g/mol. The number of fused-ring (bicyclic) bond motifs is 1. The van der Waals surface area contributed by atoms with Crippen LogP contribution in [0.25, 0.3) is 10.9 Å². The van der Waals surface area contributed by atoms with E-state index in [4.69, 9.17) is 0 Å². The van der Waals surface area contributed by atoms with Gasteiger partial charge in [0.2, 0.25) is 0 Å². The van der Waals surface area contributed by atoms with E-state index < -0.39 is 0 Å². The fourth-order valence-electron chi connectivity index (χ4n) is 1.48. The van der Waals surface area contributed by atoms with Crippen LogP contribution in [-0.4, -0.2) is 10.8 Å². The van der Waals surface area contributed by atoms with Crippen molar-refractivity contribution in [1.82, 2.24) is 4.57 Å². The summed E-state index contributed by atoms with van der Waals surface area (Å²) in [5.74, 6) is 0. The lowest BCUT2D eigenvalue weighted by Gasteiger charge is -2.01. The molecule has 2 aromatic rings. The van der Waals surface area contributed by atoms with Gasteiger partial charge in [-0.15, -0.1) is 11.8 Å². The Balaban J connectivity index is 2.84. The minimum absolute atomic E-state index is 1.32. The van der Waals surface area contributed by atoms with Crippen LogP contribution in [0.3, 0.4) is 0 Å². The monoisotopic (exact) mass is 177 g/mol.